The van der Waals surface area contributed by atoms with Gasteiger partial charge in [-0.05, 0) is 48.2 Å². The number of carbonyl (C=O) groups is 1. The number of rotatable bonds is 4. The molecular weight excluding hydrogens is 334 g/mol. The standard InChI is InChI=1S/C16H16BrNO3/c1-9(2)12-8-11(17)4-5-13(12)21-15-14(16(19)20)10(3)6-7-18-15/h4-9H,1-3H3,(H,19,20). The highest BCUT2D eigenvalue weighted by Gasteiger charge is 2.18. The average Bonchev–Trinajstić information content (AvgIpc) is 2.40. The molecule has 0 radical (unpaired) electrons. The van der Waals surface area contributed by atoms with Gasteiger partial charge in [0.05, 0.1) is 0 Å². The zero-order valence-corrected chi connectivity index (χ0v) is 13.6. The Kier molecular flexibility index (Phi) is 4.63. The lowest BCUT2D eigenvalue weighted by Crippen LogP contribution is -2.05. The fourth-order valence-corrected chi connectivity index (χ4v) is 2.42. The van der Waals surface area contributed by atoms with Gasteiger partial charge < -0.3 is 9.84 Å². The van der Waals surface area contributed by atoms with Crippen LogP contribution in [0.5, 0.6) is 11.6 Å². The normalized spacial score (nSPS) is 10.7. The first-order valence-electron chi connectivity index (χ1n) is 6.56. The van der Waals surface area contributed by atoms with Gasteiger partial charge in [0, 0.05) is 10.7 Å². The van der Waals surface area contributed by atoms with Crippen molar-refractivity contribution in [2.45, 2.75) is 26.7 Å². The van der Waals surface area contributed by atoms with Gasteiger partial charge >= 0.3 is 5.97 Å². The average molecular weight is 350 g/mol. The van der Waals surface area contributed by atoms with E-state index in [0.717, 1.165) is 10.0 Å². The van der Waals surface area contributed by atoms with Crippen LogP contribution < -0.4 is 4.74 Å². The van der Waals surface area contributed by atoms with Gasteiger partial charge in [0.15, 0.2) is 0 Å². The summed E-state index contributed by atoms with van der Waals surface area (Å²) in [5, 5.41) is 9.32. The Morgan fingerprint density at radius 3 is 2.67 bits per heavy atom. The maximum Gasteiger partial charge on any atom is 0.341 e. The Morgan fingerprint density at radius 2 is 2.05 bits per heavy atom. The summed E-state index contributed by atoms with van der Waals surface area (Å²) in [7, 11) is 0. The van der Waals surface area contributed by atoms with Gasteiger partial charge in [0.25, 0.3) is 0 Å². The van der Waals surface area contributed by atoms with E-state index in [1.807, 2.05) is 18.2 Å². The molecule has 2 aromatic rings. The third-order valence-electron chi connectivity index (χ3n) is 3.14. The van der Waals surface area contributed by atoms with E-state index in [9.17, 15) is 9.90 Å². The predicted molar refractivity (Wildman–Crippen MR) is 84.2 cm³/mol. The fourth-order valence-electron chi connectivity index (χ4n) is 2.04. The van der Waals surface area contributed by atoms with Crippen LogP contribution in [0.3, 0.4) is 0 Å². The molecular formula is C16H16BrNO3. The summed E-state index contributed by atoms with van der Waals surface area (Å²) in [5.41, 5.74) is 1.70. The molecule has 5 heteroatoms. The van der Waals surface area contributed by atoms with Crippen molar-refractivity contribution in [2.24, 2.45) is 0 Å². The van der Waals surface area contributed by atoms with Crippen LogP contribution in [0.4, 0.5) is 0 Å². The first-order chi connectivity index (χ1) is 9.90. The molecule has 0 amide bonds. The third-order valence-corrected chi connectivity index (χ3v) is 3.63. The number of carboxylic acids is 1. The van der Waals surface area contributed by atoms with E-state index in [1.54, 1.807) is 19.2 Å². The second-order valence-electron chi connectivity index (χ2n) is 5.05. The third kappa shape index (κ3) is 3.42. The van der Waals surface area contributed by atoms with Crippen LogP contribution in [0.25, 0.3) is 0 Å². The molecule has 0 spiro atoms. The molecule has 2 rings (SSSR count). The van der Waals surface area contributed by atoms with Crippen molar-refractivity contribution in [3.8, 4) is 11.6 Å². The van der Waals surface area contributed by atoms with E-state index in [-0.39, 0.29) is 17.4 Å². The summed E-state index contributed by atoms with van der Waals surface area (Å²) < 4.78 is 6.74. The molecule has 110 valence electrons. The van der Waals surface area contributed by atoms with Gasteiger partial charge in [0.1, 0.15) is 11.3 Å². The van der Waals surface area contributed by atoms with Gasteiger partial charge in [0.2, 0.25) is 5.88 Å². The number of pyridine rings is 1. The molecule has 1 aromatic carbocycles. The molecule has 21 heavy (non-hydrogen) atoms. The van der Waals surface area contributed by atoms with Crippen LogP contribution in [0.15, 0.2) is 34.9 Å². The lowest BCUT2D eigenvalue weighted by molar-refractivity contribution is 0.0692. The summed E-state index contributed by atoms with van der Waals surface area (Å²) in [4.78, 5) is 15.4. The Labute approximate surface area is 131 Å². The van der Waals surface area contributed by atoms with Crippen molar-refractivity contribution in [3.63, 3.8) is 0 Å². The number of carboxylic acid groups (broad SMARTS) is 1. The molecule has 1 heterocycles. The van der Waals surface area contributed by atoms with Crippen molar-refractivity contribution in [3.05, 3.63) is 51.6 Å². The predicted octanol–water partition coefficient (Wildman–Crippen LogP) is 4.77. The maximum atomic E-state index is 11.4. The second-order valence-corrected chi connectivity index (χ2v) is 5.97. The van der Waals surface area contributed by atoms with Crippen molar-refractivity contribution in [2.75, 3.05) is 0 Å². The summed E-state index contributed by atoms with van der Waals surface area (Å²) in [6.07, 6.45) is 1.55. The number of aryl methyl sites for hydroxylation is 1. The molecule has 0 saturated carbocycles. The first kappa shape index (κ1) is 15.5. The van der Waals surface area contributed by atoms with Crippen LogP contribution in [0, 0.1) is 6.92 Å². The number of hydrogen-bond acceptors (Lipinski definition) is 3. The molecule has 0 aliphatic carbocycles. The summed E-state index contributed by atoms with van der Waals surface area (Å²) >= 11 is 3.43. The van der Waals surface area contributed by atoms with Crippen LogP contribution in [-0.4, -0.2) is 16.1 Å². The Hall–Kier alpha value is -1.88. The lowest BCUT2D eigenvalue weighted by atomic mass is 10.0. The van der Waals surface area contributed by atoms with Crippen molar-refractivity contribution in [1.82, 2.24) is 4.98 Å². The van der Waals surface area contributed by atoms with E-state index in [0.29, 0.717) is 11.3 Å². The molecule has 1 aromatic heterocycles. The number of aromatic carboxylic acids is 1. The van der Waals surface area contributed by atoms with Crippen LogP contribution in [0.1, 0.15) is 41.3 Å². The van der Waals surface area contributed by atoms with E-state index in [1.165, 1.54) is 0 Å². The second kappa shape index (κ2) is 6.26. The molecule has 0 saturated heterocycles. The molecule has 0 bridgehead atoms. The number of aromatic nitrogens is 1. The summed E-state index contributed by atoms with van der Waals surface area (Å²) in [5.74, 6) is -0.0603. The smallest absolute Gasteiger partial charge is 0.341 e. The van der Waals surface area contributed by atoms with E-state index in [4.69, 9.17) is 4.74 Å². The van der Waals surface area contributed by atoms with Crippen molar-refractivity contribution in [1.29, 1.82) is 0 Å². The lowest BCUT2D eigenvalue weighted by Gasteiger charge is -2.15. The number of halogens is 1. The summed E-state index contributed by atoms with van der Waals surface area (Å²) in [6, 6.07) is 7.30. The van der Waals surface area contributed by atoms with E-state index in [2.05, 4.69) is 34.8 Å². The topological polar surface area (TPSA) is 59.4 Å². The quantitative estimate of drug-likeness (QED) is 0.863. The van der Waals surface area contributed by atoms with Gasteiger partial charge in [-0.25, -0.2) is 9.78 Å². The minimum Gasteiger partial charge on any atom is -0.477 e. The van der Waals surface area contributed by atoms with Crippen molar-refractivity contribution >= 4 is 21.9 Å². The molecule has 1 N–H and O–H groups in total. The molecule has 0 atom stereocenters. The van der Waals surface area contributed by atoms with Crippen molar-refractivity contribution < 1.29 is 14.6 Å². The number of benzene rings is 1. The first-order valence-corrected chi connectivity index (χ1v) is 7.35. The Morgan fingerprint density at radius 1 is 1.33 bits per heavy atom. The van der Waals surface area contributed by atoms with Gasteiger partial charge in [-0.15, -0.1) is 0 Å². The van der Waals surface area contributed by atoms with Crippen LogP contribution in [-0.2, 0) is 0 Å². The highest BCUT2D eigenvalue weighted by molar-refractivity contribution is 9.10. The van der Waals surface area contributed by atoms with E-state index < -0.39 is 5.97 Å². The Balaban J connectivity index is 2.49. The minimum absolute atomic E-state index is 0.0927. The summed E-state index contributed by atoms with van der Waals surface area (Å²) in [6.45, 7) is 5.83. The molecule has 0 aliphatic rings. The highest BCUT2D eigenvalue weighted by Crippen LogP contribution is 2.33. The van der Waals surface area contributed by atoms with E-state index >= 15 is 0 Å². The highest BCUT2D eigenvalue weighted by atomic mass is 79.9. The number of hydrogen-bond donors (Lipinski definition) is 1. The Bertz CT molecular complexity index is 683. The minimum atomic E-state index is -1.04. The largest absolute Gasteiger partial charge is 0.477 e. The fraction of sp³-hybridized carbons (Fsp3) is 0.250. The molecule has 4 nitrogen and oxygen atoms in total. The maximum absolute atomic E-state index is 11.4. The zero-order valence-electron chi connectivity index (χ0n) is 12.1. The zero-order chi connectivity index (χ0) is 15.6. The molecule has 0 unspecified atom stereocenters. The van der Waals surface area contributed by atoms with Gasteiger partial charge in [-0.2, -0.15) is 0 Å². The van der Waals surface area contributed by atoms with Crippen LogP contribution in [0.2, 0.25) is 0 Å². The number of nitrogens with zero attached hydrogens (tertiary/aromatic N) is 1. The van der Waals surface area contributed by atoms with Gasteiger partial charge in [-0.3, -0.25) is 0 Å². The monoisotopic (exact) mass is 349 g/mol. The molecule has 0 aliphatic heterocycles. The number of ether oxygens (including phenoxy) is 1. The SMILES string of the molecule is Cc1ccnc(Oc2ccc(Br)cc2C(C)C)c1C(=O)O. The van der Waals surface area contributed by atoms with Gasteiger partial charge in [-0.1, -0.05) is 29.8 Å². The molecule has 0 fully saturated rings. The van der Waals surface area contributed by atoms with Crippen LogP contribution >= 0.6 is 15.9 Å².